The molecule has 0 aliphatic carbocycles. The van der Waals surface area contributed by atoms with Crippen LogP contribution in [0.5, 0.6) is 0 Å². The van der Waals surface area contributed by atoms with Gasteiger partial charge in [0.05, 0.1) is 11.7 Å². The number of nitrogens with two attached hydrogens (primary N) is 1. The van der Waals surface area contributed by atoms with Crippen LogP contribution < -0.4 is 16.7 Å². The van der Waals surface area contributed by atoms with E-state index in [1.165, 1.54) is 15.5 Å². The van der Waals surface area contributed by atoms with Crippen molar-refractivity contribution in [1.82, 2.24) is 24.0 Å². The van der Waals surface area contributed by atoms with E-state index in [-0.39, 0.29) is 24.4 Å². The summed E-state index contributed by atoms with van der Waals surface area (Å²) in [6.07, 6.45) is 1.83. The number of likely N-dealkylation sites (tertiary alicyclic amines) is 1. The van der Waals surface area contributed by atoms with E-state index in [0.29, 0.717) is 42.0 Å². The Morgan fingerprint density at radius 2 is 1.85 bits per heavy atom. The molecule has 202 valence electrons. The Morgan fingerprint density at radius 1 is 1.10 bits per heavy atom. The third-order valence-electron chi connectivity index (χ3n) is 6.51. The number of nitrogens with one attached hydrogen (secondary N) is 1. The van der Waals surface area contributed by atoms with Gasteiger partial charge in [0.25, 0.3) is 5.91 Å². The maximum atomic E-state index is 13.7. The summed E-state index contributed by atoms with van der Waals surface area (Å²) < 4.78 is 7.98. The van der Waals surface area contributed by atoms with Crippen LogP contribution in [-0.4, -0.2) is 54.9 Å². The van der Waals surface area contributed by atoms with Crippen molar-refractivity contribution < 1.29 is 19.1 Å². The molecule has 3 N–H and O–H groups in total. The summed E-state index contributed by atoms with van der Waals surface area (Å²) in [5.74, 6) is 3.01. The smallest absolute Gasteiger partial charge is 0.397 e. The number of anilines is 2. The number of rotatable bonds is 5. The largest absolute Gasteiger partial charge is 0.454 e. The maximum absolute atomic E-state index is 13.7. The monoisotopic (exact) mass is 539 g/mol. The quantitative estimate of drug-likeness (QED) is 0.220. The lowest BCUT2D eigenvalue weighted by atomic mass is 10.2. The molecule has 0 saturated carbocycles. The molecule has 3 heterocycles. The number of fused-ring (bicyclic) bond motifs is 1. The zero-order valence-electron chi connectivity index (χ0n) is 21.5. The molecule has 2 aromatic heterocycles. The molecule has 1 unspecified atom stereocenters. The van der Waals surface area contributed by atoms with Crippen molar-refractivity contribution in [3.63, 3.8) is 0 Å². The average molecular weight is 540 g/mol. The molecule has 1 saturated heterocycles. The van der Waals surface area contributed by atoms with Gasteiger partial charge >= 0.3 is 17.6 Å². The molecule has 12 heteroatoms. The molecule has 0 bridgehead atoms. The van der Waals surface area contributed by atoms with Gasteiger partial charge < -0.3 is 20.7 Å². The number of hydrogen-bond acceptors (Lipinski definition) is 8. The lowest BCUT2D eigenvalue weighted by Crippen LogP contribution is -2.31. The van der Waals surface area contributed by atoms with Crippen molar-refractivity contribution in [1.29, 1.82) is 0 Å². The van der Waals surface area contributed by atoms with Gasteiger partial charge in [-0.3, -0.25) is 18.7 Å². The zero-order valence-corrected chi connectivity index (χ0v) is 21.5. The molecule has 0 radical (unpaired) electrons. The molecule has 2 aromatic carbocycles. The third kappa shape index (κ3) is 5.12. The molecule has 0 spiro atoms. The second-order valence-corrected chi connectivity index (χ2v) is 9.05. The van der Waals surface area contributed by atoms with Crippen molar-refractivity contribution in [3.05, 3.63) is 77.0 Å². The van der Waals surface area contributed by atoms with Gasteiger partial charge in [-0.05, 0) is 49.1 Å². The van der Waals surface area contributed by atoms with Crippen LogP contribution in [0.15, 0.2) is 65.7 Å². The lowest BCUT2D eigenvalue weighted by molar-refractivity contribution is -0.153. The molecule has 1 atom stereocenters. The Bertz CT molecular complexity index is 1720. The first-order valence-electron chi connectivity index (χ1n) is 12.4. The Balaban J connectivity index is 1.37. The van der Waals surface area contributed by atoms with Crippen LogP contribution in [0.3, 0.4) is 0 Å². The standard InChI is InChI=1S/C28H25N7O5/c1-2-6-22(36)33-14-13-21(15-33)35-25-23(24(29)30-17-31-25)34(28(35)39)20-11-9-19(10-12-20)32-26(37)27(38)40-16-18-7-4-3-5-8-18/h3-5,7-12,17,21H,13-16H2,1H3,(H,32,37)(H2,29,30,31). The van der Waals surface area contributed by atoms with Gasteiger partial charge in [-0.15, -0.1) is 0 Å². The molecule has 40 heavy (non-hydrogen) atoms. The number of ether oxygens (including phenoxy) is 1. The van der Waals surface area contributed by atoms with Crippen LogP contribution >= 0.6 is 0 Å². The summed E-state index contributed by atoms with van der Waals surface area (Å²) in [5, 5.41) is 2.49. The Hall–Kier alpha value is -5.44. The van der Waals surface area contributed by atoms with Crippen molar-refractivity contribution in [3.8, 4) is 17.5 Å². The highest BCUT2D eigenvalue weighted by molar-refractivity contribution is 6.37. The fourth-order valence-electron chi connectivity index (χ4n) is 4.62. The summed E-state index contributed by atoms with van der Waals surface area (Å²) >= 11 is 0. The summed E-state index contributed by atoms with van der Waals surface area (Å²) in [4.78, 5) is 60.4. The van der Waals surface area contributed by atoms with Crippen LogP contribution in [0.1, 0.15) is 24.9 Å². The number of hydrogen-bond donors (Lipinski definition) is 2. The van der Waals surface area contributed by atoms with Crippen LogP contribution in [0.25, 0.3) is 16.9 Å². The van der Waals surface area contributed by atoms with E-state index in [9.17, 15) is 19.2 Å². The van der Waals surface area contributed by atoms with Gasteiger partial charge in [-0.2, -0.15) is 0 Å². The van der Waals surface area contributed by atoms with E-state index < -0.39 is 17.6 Å². The van der Waals surface area contributed by atoms with Gasteiger partial charge in [-0.25, -0.2) is 19.6 Å². The van der Waals surface area contributed by atoms with Gasteiger partial charge in [0.15, 0.2) is 11.5 Å². The highest BCUT2D eigenvalue weighted by Crippen LogP contribution is 2.27. The zero-order chi connectivity index (χ0) is 28.2. The van der Waals surface area contributed by atoms with Crippen LogP contribution in [0, 0.1) is 11.8 Å². The fourth-order valence-corrected chi connectivity index (χ4v) is 4.62. The summed E-state index contributed by atoms with van der Waals surface area (Å²) in [6, 6.07) is 15.0. The Labute approximate surface area is 228 Å². The number of carbonyl (C=O) groups excluding carboxylic acids is 3. The van der Waals surface area contributed by atoms with Crippen molar-refractivity contribution in [2.24, 2.45) is 0 Å². The summed E-state index contributed by atoms with van der Waals surface area (Å²) in [5.41, 5.74) is 7.98. The predicted octanol–water partition coefficient (Wildman–Crippen LogP) is 1.64. The van der Waals surface area contributed by atoms with Gasteiger partial charge in [0, 0.05) is 18.8 Å². The van der Waals surface area contributed by atoms with Crippen LogP contribution in [0.4, 0.5) is 11.5 Å². The molecule has 2 amide bonds. The maximum Gasteiger partial charge on any atom is 0.397 e. The van der Waals surface area contributed by atoms with Crippen LogP contribution in [0.2, 0.25) is 0 Å². The van der Waals surface area contributed by atoms with E-state index >= 15 is 0 Å². The van der Waals surface area contributed by atoms with Crippen molar-refractivity contribution >= 4 is 40.5 Å². The molecule has 5 rings (SSSR count). The molecule has 1 fully saturated rings. The van der Waals surface area contributed by atoms with Gasteiger partial charge in [-0.1, -0.05) is 36.3 Å². The number of nitrogens with zero attached hydrogens (tertiary/aromatic N) is 5. The lowest BCUT2D eigenvalue weighted by Gasteiger charge is -2.14. The number of aromatic nitrogens is 4. The minimum Gasteiger partial charge on any atom is -0.454 e. The molecule has 1 aliphatic heterocycles. The molecular formula is C28H25N7O5. The van der Waals surface area contributed by atoms with E-state index in [1.54, 1.807) is 60.4 Å². The summed E-state index contributed by atoms with van der Waals surface area (Å²) in [7, 11) is 0. The SMILES string of the molecule is CC#CC(=O)N1CCC(n2c(=O)n(-c3ccc(NC(=O)C(=O)OCc4ccccc4)cc3)c3c(N)ncnc32)C1. The number of carbonyl (C=O) groups is 3. The first kappa shape index (κ1) is 26.2. The average Bonchev–Trinajstić information content (AvgIpc) is 3.56. The van der Waals surface area contributed by atoms with Crippen molar-refractivity contribution in [2.45, 2.75) is 26.0 Å². The second-order valence-electron chi connectivity index (χ2n) is 9.05. The molecule has 1 aliphatic rings. The second kappa shape index (κ2) is 11.1. The molecule has 4 aromatic rings. The number of esters is 1. The molecule has 12 nitrogen and oxygen atoms in total. The number of nitrogen functional groups attached to an aromatic ring is 1. The van der Waals surface area contributed by atoms with Gasteiger partial charge in [0.1, 0.15) is 18.5 Å². The predicted molar refractivity (Wildman–Crippen MR) is 146 cm³/mol. The minimum atomic E-state index is -1.02. The summed E-state index contributed by atoms with van der Waals surface area (Å²) in [6.45, 7) is 2.33. The highest BCUT2D eigenvalue weighted by Gasteiger charge is 2.31. The number of benzene rings is 2. The van der Waals surface area contributed by atoms with Crippen molar-refractivity contribution in [2.75, 3.05) is 24.1 Å². The van der Waals surface area contributed by atoms with E-state index in [1.807, 2.05) is 6.07 Å². The topological polar surface area (TPSA) is 154 Å². The van der Waals surface area contributed by atoms with E-state index in [0.717, 1.165) is 5.56 Å². The third-order valence-corrected chi connectivity index (χ3v) is 6.51. The number of imidazole rings is 1. The van der Waals surface area contributed by atoms with E-state index in [4.69, 9.17) is 10.5 Å². The fraction of sp³-hybridized carbons (Fsp3) is 0.214. The number of amides is 2. The van der Waals surface area contributed by atoms with E-state index in [2.05, 4.69) is 27.1 Å². The van der Waals surface area contributed by atoms with Gasteiger partial charge in [0.2, 0.25) is 0 Å². The Morgan fingerprint density at radius 3 is 2.58 bits per heavy atom. The van der Waals surface area contributed by atoms with Crippen LogP contribution in [-0.2, 0) is 25.7 Å². The first-order valence-corrected chi connectivity index (χ1v) is 12.4. The molecular weight excluding hydrogens is 514 g/mol. The Kier molecular flexibility index (Phi) is 7.28. The minimum absolute atomic E-state index is 0.0264. The highest BCUT2D eigenvalue weighted by atomic mass is 16.5. The first-order chi connectivity index (χ1) is 19.4. The normalized spacial score (nSPS) is 14.4.